The second kappa shape index (κ2) is 5.47. The van der Waals surface area contributed by atoms with Gasteiger partial charge in [-0.15, -0.1) is 0 Å². The molecule has 1 fully saturated rings. The molecule has 0 bridgehead atoms. The first-order chi connectivity index (χ1) is 8.19. The molecule has 3 nitrogen and oxygen atoms in total. The van der Waals surface area contributed by atoms with E-state index in [-0.39, 0.29) is 0 Å². The Bertz CT molecular complexity index is 391. The number of benzene rings is 1. The monoisotopic (exact) mass is 250 g/mol. The van der Waals surface area contributed by atoms with Crippen molar-refractivity contribution in [3.8, 4) is 0 Å². The fraction of sp³-hybridized carbons (Fsp3) is 0.462. The molecule has 4 heteroatoms. The van der Waals surface area contributed by atoms with Gasteiger partial charge < -0.3 is 15.8 Å². The van der Waals surface area contributed by atoms with Crippen LogP contribution in [0.4, 0.5) is 5.69 Å². The van der Waals surface area contributed by atoms with Crippen molar-refractivity contribution in [2.45, 2.75) is 31.4 Å². The van der Waals surface area contributed by atoms with Crippen molar-refractivity contribution in [2.24, 2.45) is 5.73 Å². The lowest BCUT2D eigenvalue weighted by Gasteiger charge is -2.14. The topological polar surface area (TPSA) is 47.3 Å². The molecule has 1 aromatic carbocycles. The molecule has 1 aliphatic carbocycles. The number of hydrogen-bond acceptors (Lipinski definition) is 3. The summed E-state index contributed by atoms with van der Waals surface area (Å²) in [7, 11) is 1.78. The number of hydrogen-bond donors (Lipinski definition) is 2. The average molecular weight is 250 g/mol. The number of methoxy groups -OCH3 is 1. The molecule has 0 aliphatic heterocycles. The van der Waals surface area contributed by atoms with Crippen LogP contribution in [-0.2, 0) is 4.74 Å². The van der Waals surface area contributed by atoms with E-state index in [4.69, 9.17) is 22.7 Å². The molecular weight excluding hydrogens is 232 g/mol. The molecule has 17 heavy (non-hydrogen) atoms. The highest BCUT2D eigenvalue weighted by atomic mass is 32.1. The SMILES string of the molecule is COC1CCC(Nc2ccc(C(N)=S)cc2)C1. The van der Waals surface area contributed by atoms with Gasteiger partial charge in [0.05, 0.1) is 6.10 Å². The van der Waals surface area contributed by atoms with Crippen LogP contribution in [-0.4, -0.2) is 24.2 Å². The second-order valence-corrected chi connectivity index (χ2v) is 4.89. The maximum absolute atomic E-state index is 5.56. The van der Waals surface area contributed by atoms with E-state index in [2.05, 4.69) is 5.32 Å². The van der Waals surface area contributed by atoms with Gasteiger partial charge in [-0.2, -0.15) is 0 Å². The minimum absolute atomic E-state index is 0.406. The van der Waals surface area contributed by atoms with Crippen LogP contribution in [0.2, 0.25) is 0 Å². The van der Waals surface area contributed by atoms with Crippen LogP contribution in [0.15, 0.2) is 24.3 Å². The summed E-state index contributed by atoms with van der Waals surface area (Å²) in [6.45, 7) is 0. The van der Waals surface area contributed by atoms with Crippen molar-refractivity contribution >= 4 is 22.9 Å². The predicted molar refractivity (Wildman–Crippen MR) is 74.4 cm³/mol. The first-order valence-corrected chi connectivity index (χ1v) is 6.29. The zero-order valence-electron chi connectivity index (χ0n) is 9.98. The molecule has 0 aromatic heterocycles. The molecule has 2 unspecified atom stereocenters. The molecule has 1 saturated carbocycles. The molecule has 0 amide bonds. The van der Waals surface area contributed by atoms with Crippen LogP contribution < -0.4 is 11.1 Å². The average Bonchev–Trinajstić information content (AvgIpc) is 2.77. The van der Waals surface area contributed by atoms with Gasteiger partial charge in [0.2, 0.25) is 0 Å². The third-order valence-electron chi connectivity index (χ3n) is 3.26. The summed E-state index contributed by atoms with van der Waals surface area (Å²) in [6.07, 6.45) is 3.78. The summed E-state index contributed by atoms with van der Waals surface area (Å²) < 4.78 is 5.36. The number of rotatable bonds is 4. The number of anilines is 1. The van der Waals surface area contributed by atoms with E-state index in [9.17, 15) is 0 Å². The standard InChI is InChI=1S/C13H18N2OS/c1-16-12-7-6-11(8-12)15-10-4-2-9(3-5-10)13(14)17/h2-5,11-12,15H,6-8H2,1H3,(H2,14,17). The Hall–Kier alpha value is -1.13. The van der Waals surface area contributed by atoms with Crippen molar-refractivity contribution in [3.63, 3.8) is 0 Å². The smallest absolute Gasteiger partial charge is 0.103 e. The summed E-state index contributed by atoms with van der Waals surface area (Å²) in [6, 6.07) is 8.46. The number of thiocarbonyl (C=S) groups is 1. The van der Waals surface area contributed by atoms with Gasteiger partial charge in [0.1, 0.15) is 4.99 Å². The molecule has 1 aliphatic rings. The van der Waals surface area contributed by atoms with Crippen LogP contribution in [0.5, 0.6) is 0 Å². The molecule has 2 atom stereocenters. The Morgan fingerprint density at radius 1 is 1.35 bits per heavy atom. The highest BCUT2D eigenvalue weighted by Crippen LogP contribution is 2.24. The zero-order chi connectivity index (χ0) is 12.3. The van der Waals surface area contributed by atoms with Gasteiger partial charge in [0, 0.05) is 24.4 Å². The van der Waals surface area contributed by atoms with Crippen LogP contribution in [0.25, 0.3) is 0 Å². The summed E-state index contributed by atoms with van der Waals surface area (Å²) in [5.74, 6) is 0. The van der Waals surface area contributed by atoms with Crippen molar-refractivity contribution in [3.05, 3.63) is 29.8 Å². The fourth-order valence-corrected chi connectivity index (χ4v) is 2.39. The van der Waals surface area contributed by atoms with E-state index >= 15 is 0 Å². The minimum atomic E-state index is 0.406. The molecule has 0 saturated heterocycles. The van der Waals surface area contributed by atoms with E-state index in [0.717, 1.165) is 30.5 Å². The van der Waals surface area contributed by atoms with Crippen LogP contribution in [0.1, 0.15) is 24.8 Å². The van der Waals surface area contributed by atoms with Crippen molar-refractivity contribution in [1.29, 1.82) is 0 Å². The molecule has 2 rings (SSSR count). The van der Waals surface area contributed by atoms with Crippen LogP contribution >= 0.6 is 12.2 Å². The minimum Gasteiger partial charge on any atom is -0.389 e. The number of nitrogens with one attached hydrogen (secondary N) is 1. The molecule has 92 valence electrons. The van der Waals surface area contributed by atoms with Crippen LogP contribution in [0, 0.1) is 0 Å². The maximum Gasteiger partial charge on any atom is 0.103 e. The second-order valence-electron chi connectivity index (χ2n) is 4.45. The summed E-state index contributed by atoms with van der Waals surface area (Å²) in [5, 5.41) is 3.51. The third-order valence-corrected chi connectivity index (χ3v) is 3.49. The lowest BCUT2D eigenvalue weighted by molar-refractivity contribution is 0.108. The van der Waals surface area contributed by atoms with Gasteiger partial charge in [0.15, 0.2) is 0 Å². The zero-order valence-corrected chi connectivity index (χ0v) is 10.8. The van der Waals surface area contributed by atoms with Gasteiger partial charge in [0.25, 0.3) is 0 Å². The normalized spacial score (nSPS) is 23.6. The number of ether oxygens (including phenoxy) is 1. The van der Waals surface area contributed by atoms with Gasteiger partial charge in [-0.05, 0) is 43.5 Å². The van der Waals surface area contributed by atoms with Gasteiger partial charge in [-0.1, -0.05) is 12.2 Å². The Morgan fingerprint density at radius 2 is 2.06 bits per heavy atom. The van der Waals surface area contributed by atoms with Crippen molar-refractivity contribution in [2.75, 3.05) is 12.4 Å². The molecule has 1 aromatic rings. The van der Waals surface area contributed by atoms with E-state index in [1.54, 1.807) is 7.11 Å². The van der Waals surface area contributed by atoms with Gasteiger partial charge in [-0.3, -0.25) is 0 Å². The lowest BCUT2D eigenvalue weighted by atomic mass is 10.2. The molecule has 0 spiro atoms. The van der Waals surface area contributed by atoms with E-state index in [0.29, 0.717) is 17.1 Å². The molecule has 0 heterocycles. The summed E-state index contributed by atoms with van der Waals surface area (Å²) in [5.41, 5.74) is 7.58. The Labute approximate surface area is 107 Å². The Morgan fingerprint density at radius 3 is 2.59 bits per heavy atom. The van der Waals surface area contributed by atoms with E-state index < -0.39 is 0 Å². The quantitative estimate of drug-likeness (QED) is 0.805. The summed E-state index contributed by atoms with van der Waals surface area (Å²) in [4.78, 5) is 0.442. The summed E-state index contributed by atoms with van der Waals surface area (Å²) >= 11 is 4.92. The molecule has 0 radical (unpaired) electrons. The van der Waals surface area contributed by atoms with Crippen LogP contribution in [0.3, 0.4) is 0 Å². The predicted octanol–water partition coefficient (Wildman–Crippen LogP) is 2.30. The molecular formula is C13H18N2OS. The van der Waals surface area contributed by atoms with E-state index in [1.807, 2.05) is 24.3 Å². The largest absolute Gasteiger partial charge is 0.389 e. The fourth-order valence-electron chi connectivity index (χ4n) is 2.25. The lowest BCUT2D eigenvalue weighted by Crippen LogP contribution is -2.17. The third kappa shape index (κ3) is 3.17. The first-order valence-electron chi connectivity index (χ1n) is 5.88. The maximum atomic E-state index is 5.56. The van der Waals surface area contributed by atoms with Crippen molar-refractivity contribution in [1.82, 2.24) is 0 Å². The Kier molecular flexibility index (Phi) is 3.97. The van der Waals surface area contributed by atoms with Gasteiger partial charge >= 0.3 is 0 Å². The Balaban J connectivity index is 1.93. The van der Waals surface area contributed by atoms with E-state index in [1.165, 1.54) is 0 Å². The molecule has 3 N–H and O–H groups in total. The highest BCUT2D eigenvalue weighted by molar-refractivity contribution is 7.80. The van der Waals surface area contributed by atoms with Crippen molar-refractivity contribution < 1.29 is 4.74 Å². The number of nitrogens with two attached hydrogens (primary N) is 1. The van der Waals surface area contributed by atoms with Gasteiger partial charge in [-0.25, -0.2) is 0 Å². The highest BCUT2D eigenvalue weighted by Gasteiger charge is 2.23. The first kappa shape index (κ1) is 12.3.